The van der Waals surface area contributed by atoms with Gasteiger partial charge in [-0.25, -0.2) is 4.99 Å². The lowest BCUT2D eigenvalue weighted by molar-refractivity contribution is -0.142. The van der Waals surface area contributed by atoms with Crippen LogP contribution in [0.3, 0.4) is 0 Å². The molecule has 1 saturated heterocycles. The number of aliphatic imine (C=N–C) groups is 1. The Bertz CT molecular complexity index is 547. The van der Waals surface area contributed by atoms with E-state index in [-0.39, 0.29) is 18.2 Å². The van der Waals surface area contributed by atoms with Crippen LogP contribution >= 0.6 is 0 Å². The van der Waals surface area contributed by atoms with Crippen LogP contribution < -0.4 is 5.32 Å². The van der Waals surface area contributed by atoms with E-state index < -0.39 is 11.9 Å². The van der Waals surface area contributed by atoms with E-state index in [1.165, 1.54) is 13.2 Å². The van der Waals surface area contributed by atoms with Crippen LogP contribution in [0.25, 0.3) is 0 Å². The highest BCUT2D eigenvalue weighted by molar-refractivity contribution is 5.80. The van der Waals surface area contributed by atoms with Gasteiger partial charge in [-0.2, -0.15) is 18.3 Å². The number of nitrogens with one attached hydrogen (secondary N) is 1. The summed E-state index contributed by atoms with van der Waals surface area (Å²) in [7, 11) is 1.46. The third kappa shape index (κ3) is 4.60. The van der Waals surface area contributed by atoms with Gasteiger partial charge in [0.15, 0.2) is 11.7 Å². The molecule has 6 nitrogen and oxygen atoms in total. The van der Waals surface area contributed by atoms with Gasteiger partial charge in [-0.1, -0.05) is 0 Å². The molecule has 23 heavy (non-hydrogen) atoms. The molecule has 0 spiro atoms. The number of guanidine groups is 1. The molecule has 1 aromatic heterocycles. The van der Waals surface area contributed by atoms with Crippen LogP contribution in [0.2, 0.25) is 0 Å². The topological polar surface area (TPSA) is 65.7 Å². The van der Waals surface area contributed by atoms with Gasteiger partial charge in [0.1, 0.15) is 0 Å². The Labute approximate surface area is 133 Å². The minimum absolute atomic E-state index is 0.0486. The average molecular weight is 333 g/mol. The second-order valence-corrected chi connectivity index (χ2v) is 5.56. The Morgan fingerprint density at radius 3 is 2.65 bits per heavy atom. The number of alkyl halides is 3. The SMILES string of the molecule is CCNC(=NCc1cn(C)nc1C(F)(F)F)N1CCC(O)CC1. The third-order valence-corrected chi connectivity index (χ3v) is 3.67. The first-order chi connectivity index (χ1) is 10.8. The van der Waals surface area contributed by atoms with Crippen molar-refractivity contribution in [2.24, 2.45) is 12.0 Å². The van der Waals surface area contributed by atoms with Crippen molar-refractivity contribution < 1.29 is 18.3 Å². The first-order valence-corrected chi connectivity index (χ1v) is 7.62. The maximum absolute atomic E-state index is 13.0. The maximum Gasteiger partial charge on any atom is 0.435 e. The summed E-state index contributed by atoms with van der Waals surface area (Å²) < 4.78 is 40.0. The number of aliphatic hydroxyl groups is 1. The molecular weight excluding hydrogens is 311 g/mol. The second kappa shape index (κ2) is 7.20. The van der Waals surface area contributed by atoms with E-state index in [0.717, 1.165) is 4.68 Å². The standard InChI is InChI=1S/C14H22F3N5O/c1-3-18-13(22-6-4-11(23)5-7-22)19-8-10-9-21(2)20-12(10)14(15,16)17/h9,11,23H,3-8H2,1-2H3,(H,18,19). The molecule has 0 aromatic carbocycles. The molecule has 9 heteroatoms. The lowest BCUT2D eigenvalue weighted by Gasteiger charge is -2.32. The van der Waals surface area contributed by atoms with Crippen molar-refractivity contribution in [3.05, 3.63) is 17.5 Å². The fourth-order valence-electron chi connectivity index (χ4n) is 2.56. The molecule has 1 aliphatic heterocycles. The molecule has 0 unspecified atom stereocenters. The van der Waals surface area contributed by atoms with Crippen molar-refractivity contribution in [2.45, 2.75) is 38.6 Å². The van der Waals surface area contributed by atoms with E-state index in [9.17, 15) is 18.3 Å². The van der Waals surface area contributed by atoms with Gasteiger partial charge >= 0.3 is 6.18 Å². The molecule has 0 radical (unpaired) electrons. The van der Waals surface area contributed by atoms with Gasteiger partial charge < -0.3 is 15.3 Å². The fraction of sp³-hybridized carbons (Fsp3) is 0.714. The van der Waals surface area contributed by atoms with Crippen LogP contribution in [0.4, 0.5) is 13.2 Å². The highest BCUT2D eigenvalue weighted by Crippen LogP contribution is 2.30. The normalized spacial score (nSPS) is 17.7. The number of likely N-dealkylation sites (tertiary alicyclic amines) is 1. The smallest absolute Gasteiger partial charge is 0.393 e. The Morgan fingerprint density at radius 2 is 2.09 bits per heavy atom. The molecule has 1 aromatic rings. The molecule has 1 aliphatic rings. The Balaban J connectivity index is 2.15. The van der Waals surface area contributed by atoms with Crippen LogP contribution in [0.5, 0.6) is 0 Å². The second-order valence-electron chi connectivity index (χ2n) is 5.56. The van der Waals surface area contributed by atoms with Gasteiger partial charge in [0.25, 0.3) is 0 Å². The van der Waals surface area contributed by atoms with Crippen LogP contribution in [0, 0.1) is 0 Å². The van der Waals surface area contributed by atoms with Crippen LogP contribution in [-0.4, -0.2) is 51.5 Å². The minimum Gasteiger partial charge on any atom is -0.393 e. The molecule has 130 valence electrons. The minimum atomic E-state index is -4.49. The van der Waals surface area contributed by atoms with E-state index in [0.29, 0.717) is 38.4 Å². The maximum atomic E-state index is 13.0. The number of aryl methyl sites for hydroxylation is 1. The number of aliphatic hydroxyl groups excluding tert-OH is 1. The number of hydrogen-bond donors (Lipinski definition) is 2. The van der Waals surface area contributed by atoms with Gasteiger partial charge in [0.05, 0.1) is 12.6 Å². The predicted octanol–water partition coefficient (Wildman–Crippen LogP) is 1.36. The molecule has 0 atom stereocenters. The average Bonchev–Trinajstić information content (AvgIpc) is 2.86. The van der Waals surface area contributed by atoms with Gasteiger partial charge in [-0.05, 0) is 19.8 Å². The molecule has 0 saturated carbocycles. The summed E-state index contributed by atoms with van der Waals surface area (Å²) in [6.07, 6.45) is -2.20. The highest BCUT2D eigenvalue weighted by atomic mass is 19.4. The Morgan fingerprint density at radius 1 is 1.43 bits per heavy atom. The zero-order chi connectivity index (χ0) is 17.0. The summed E-state index contributed by atoms with van der Waals surface area (Å²) in [5.41, 5.74) is -0.846. The molecular formula is C14H22F3N5O. The van der Waals surface area contributed by atoms with Crippen molar-refractivity contribution in [2.75, 3.05) is 19.6 Å². The Kier molecular flexibility index (Phi) is 5.51. The Hall–Kier alpha value is -1.77. The number of aromatic nitrogens is 2. The van der Waals surface area contributed by atoms with Gasteiger partial charge in [-0.15, -0.1) is 0 Å². The van der Waals surface area contributed by atoms with Gasteiger partial charge in [0.2, 0.25) is 0 Å². The fourth-order valence-corrected chi connectivity index (χ4v) is 2.56. The monoisotopic (exact) mass is 333 g/mol. The van der Waals surface area contributed by atoms with Gasteiger partial charge in [-0.3, -0.25) is 4.68 Å². The van der Waals surface area contributed by atoms with E-state index in [1.54, 1.807) is 0 Å². The molecule has 0 amide bonds. The number of hydrogen-bond acceptors (Lipinski definition) is 3. The number of nitrogens with zero attached hydrogens (tertiary/aromatic N) is 4. The largest absolute Gasteiger partial charge is 0.435 e. The zero-order valence-electron chi connectivity index (χ0n) is 13.3. The molecule has 2 rings (SSSR count). The quantitative estimate of drug-likeness (QED) is 0.648. The third-order valence-electron chi connectivity index (χ3n) is 3.67. The van der Waals surface area contributed by atoms with Gasteiger partial charge in [0, 0.05) is 38.4 Å². The first-order valence-electron chi connectivity index (χ1n) is 7.62. The molecule has 2 N–H and O–H groups in total. The highest BCUT2D eigenvalue weighted by Gasteiger charge is 2.36. The van der Waals surface area contributed by atoms with Crippen molar-refractivity contribution in [1.82, 2.24) is 20.0 Å². The van der Waals surface area contributed by atoms with E-state index in [2.05, 4.69) is 15.4 Å². The summed E-state index contributed by atoms with van der Waals surface area (Å²) in [4.78, 5) is 6.27. The molecule has 1 fully saturated rings. The number of halogens is 3. The van der Waals surface area contributed by atoms with E-state index >= 15 is 0 Å². The summed E-state index contributed by atoms with van der Waals surface area (Å²) in [6, 6.07) is 0. The predicted molar refractivity (Wildman–Crippen MR) is 79.8 cm³/mol. The van der Waals surface area contributed by atoms with Crippen molar-refractivity contribution in [3.8, 4) is 0 Å². The van der Waals surface area contributed by atoms with Crippen molar-refractivity contribution in [3.63, 3.8) is 0 Å². The lowest BCUT2D eigenvalue weighted by atomic mass is 10.1. The van der Waals surface area contributed by atoms with Crippen molar-refractivity contribution >= 4 is 5.96 Å². The molecule has 2 heterocycles. The zero-order valence-corrected chi connectivity index (χ0v) is 13.3. The summed E-state index contributed by atoms with van der Waals surface area (Å²) >= 11 is 0. The summed E-state index contributed by atoms with van der Waals surface area (Å²) in [6.45, 7) is 3.69. The number of piperidine rings is 1. The van der Waals surface area contributed by atoms with Crippen LogP contribution in [-0.2, 0) is 19.8 Å². The molecule has 0 bridgehead atoms. The number of rotatable bonds is 3. The van der Waals surface area contributed by atoms with E-state index in [1.807, 2.05) is 11.8 Å². The van der Waals surface area contributed by atoms with Crippen LogP contribution in [0.15, 0.2) is 11.2 Å². The molecule has 0 aliphatic carbocycles. The lowest BCUT2D eigenvalue weighted by Crippen LogP contribution is -2.46. The first kappa shape index (κ1) is 17.6. The van der Waals surface area contributed by atoms with Crippen LogP contribution in [0.1, 0.15) is 31.0 Å². The van der Waals surface area contributed by atoms with E-state index in [4.69, 9.17) is 0 Å². The summed E-state index contributed by atoms with van der Waals surface area (Å²) in [5.74, 6) is 0.566. The summed E-state index contributed by atoms with van der Waals surface area (Å²) in [5, 5.41) is 16.1. The van der Waals surface area contributed by atoms with Crippen molar-refractivity contribution in [1.29, 1.82) is 0 Å².